The molecule has 0 fully saturated rings. The van der Waals surface area contributed by atoms with Crippen LogP contribution in [-0.4, -0.2) is 5.78 Å². The zero-order valence-corrected chi connectivity index (χ0v) is 6.01. The van der Waals surface area contributed by atoms with E-state index in [1.54, 1.807) is 20.8 Å². The highest BCUT2D eigenvalue weighted by Gasteiger charge is 2.14. The lowest BCUT2D eigenvalue weighted by molar-refractivity contribution is -0.123. The monoisotopic (exact) mass is 125 g/mol. The van der Waals surface area contributed by atoms with Crippen molar-refractivity contribution in [2.24, 2.45) is 11.8 Å². The third-order valence-corrected chi connectivity index (χ3v) is 1.19. The summed E-state index contributed by atoms with van der Waals surface area (Å²) in [6.07, 6.45) is 0. The fourth-order valence-electron chi connectivity index (χ4n) is 0.564. The number of nitriles is 1. The van der Waals surface area contributed by atoms with Gasteiger partial charge in [0.25, 0.3) is 0 Å². The van der Waals surface area contributed by atoms with Gasteiger partial charge in [-0.1, -0.05) is 13.8 Å². The SMILES string of the molecule is CC(C)C(=O)C(C)C#N. The number of rotatable bonds is 2. The molecule has 9 heavy (non-hydrogen) atoms. The molecule has 0 saturated carbocycles. The van der Waals surface area contributed by atoms with E-state index in [4.69, 9.17) is 5.26 Å². The Morgan fingerprint density at radius 2 is 1.89 bits per heavy atom. The summed E-state index contributed by atoms with van der Waals surface area (Å²) in [6, 6.07) is 1.90. The van der Waals surface area contributed by atoms with E-state index >= 15 is 0 Å². The molecule has 0 spiro atoms. The summed E-state index contributed by atoms with van der Waals surface area (Å²) in [4.78, 5) is 10.9. The lowest BCUT2D eigenvalue weighted by Gasteiger charge is -2.02. The standard InChI is InChI=1S/C7H11NO/c1-5(2)7(9)6(3)4-8/h5-6H,1-3H3. The first kappa shape index (κ1) is 8.16. The van der Waals surface area contributed by atoms with Gasteiger partial charge in [-0.05, 0) is 6.92 Å². The van der Waals surface area contributed by atoms with E-state index in [0.717, 1.165) is 0 Å². The summed E-state index contributed by atoms with van der Waals surface area (Å²) in [5.41, 5.74) is 0. The van der Waals surface area contributed by atoms with Gasteiger partial charge in [-0.2, -0.15) is 5.26 Å². The van der Waals surface area contributed by atoms with Crippen LogP contribution in [0.15, 0.2) is 0 Å². The van der Waals surface area contributed by atoms with E-state index in [1.807, 2.05) is 6.07 Å². The molecular formula is C7H11NO. The molecule has 2 nitrogen and oxygen atoms in total. The van der Waals surface area contributed by atoms with E-state index in [-0.39, 0.29) is 11.7 Å². The van der Waals surface area contributed by atoms with Crippen LogP contribution in [0.3, 0.4) is 0 Å². The van der Waals surface area contributed by atoms with Crippen LogP contribution < -0.4 is 0 Å². The molecule has 0 aromatic heterocycles. The van der Waals surface area contributed by atoms with E-state index < -0.39 is 5.92 Å². The molecule has 0 bridgehead atoms. The summed E-state index contributed by atoms with van der Waals surface area (Å²) in [5.74, 6) is -0.429. The molecular weight excluding hydrogens is 114 g/mol. The van der Waals surface area contributed by atoms with Gasteiger partial charge in [0.15, 0.2) is 5.78 Å². The van der Waals surface area contributed by atoms with Crippen LogP contribution in [-0.2, 0) is 4.79 Å². The van der Waals surface area contributed by atoms with Gasteiger partial charge in [-0.3, -0.25) is 4.79 Å². The number of hydrogen-bond donors (Lipinski definition) is 0. The highest BCUT2D eigenvalue weighted by Crippen LogP contribution is 2.03. The third kappa shape index (κ3) is 2.27. The Labute approximate surface area is 55.5 Å². The van der Waals surface area contributed by atoms with Crippen molar-refractivity contribution in [1.82, 2.24) is 0 Å². The summed E-state index contributed by atoms with van der Waals surface area (Å²) < 4.78 is 0. The summed E-state index contributed by atoms with van der Waals surface area (Å²) in [5, 5.41) is 8.28. The molecule has 0 rings (SSSR count). The smallest absolute Gasteiger partial charge is 0.152 e. The first-order valence-corrected chi connectivity index (χ1v) is 3.03. The van der Waals surface area contributed by atoms with E-state index in [2.05, 4.69) is 0 Å². The molecule has 0 aromatic carbocycles. The predicted molar refractivity (Wildman–Crippen MR) is 34.6 cm³/mol. The van der Waals surface area contributed by atoms with Gasteiger partial charge in [0.1, 0.15) is 5.92 Å². The molecule has 0 aliphatic heterocycles. The van der Waals surface area contributed by atoms with Crippen molar-refractivity contribution in [3.05, 3.63) is 0 Å². The summed E-state index contributed by atoms with van der Waals surface area (Å²) in [7, 11) is 0. The van der Waals surface area contributed by atoms with E-state index in [9.17, 15) is 4.79 Å². The van der Waals surface area contributed by atoms with Gasteiger partial charge in [0, 0.05) is 5.92 Å². The highest BCUT2D eigenvalue weighted by molar-refractivity contribution is 5.84. The number of ketones is 1. The largest absolute Gasteiger partial charge is 0.298 e. The molecule has 0 radical (unpaired) electrons. The fourth-order valence-corrected chi connectivity index (χ4v) is 0.564. The average Bonchev–Trinajstić information content (AvgIpc) is 1.84. The van der Waals surface area contributed by atoms with Gasteiger partial charge in [-0.25, -0.2) is 0 Å². The van der Waals surface area contributed by atoms with E-state index in [0.29, 0.717) is 0 Å². The van der Waals surface area contributed by atoms with Crippen molar-refractivity contribution in [2.45, 2.75) is 20.8 Å². The third-order valence-electron chi connectivity index (χ3n) is 1.19. The van der Waals surface area contributed by atoms with Crippen LogP contribution in [0.5, 0.6) is 0 Å². The first-order valence-electron chi connectivity index (χ1n) is 3.03. The lowest BCUT2D eigenvalue weighted by atomic mass is 9.99. The number of hydrogen-bond acceptors (Lipinski definition) is 2. The van der Waals surface area contributed by atoms with Gasteiger partial charge >= 0.3 is 0 Å². The van der Waals surface area contributed by atoms with Gasteiger partial charge in [0.05, 0.1) is 6.07 Å². The van der Waals surface area contributed by atoms with Gasteiger partial charge in [0.2, 0.25) is 0 Å². The predicted octanol–water partition coefficient (Wildman–Crippen LogP) is 1.37. The van der Waals surface area contributed by atoms with Gasteiger partial charge in [-0.15, -0.1) is 0 Å². The van der Waals surface area contributed by atoms with Crippen molar-refractivity contribution in [2.75, 3.05) is 0 Å². The fraction of sp³-hybridized carbons (Fsp3) is 0.714. The summed E-state index contributed by atoms with van der Waals surface area (Å²) >= 11 is 0. The second-order valence-corrected chi connectivity index (χ2v) is 2.41. The van der Waals surface area contributed by atoms with Crippen molar-refractivity contribution < 1.29 is 4.79 Å². The minimum Gasteiger partial charge on any atom is -0.298 e. The Morgan fingerprint density at radius 1 is 1.44 bits per heavy atom. The van der Waals surface area contributed by atoms with Crippen molar-refractivity contribution in [1.29, 1.82) is 5.26 Å². The number of carbonyl (C=O) groups is 1. The zero-order valence-electron chi connectivity index (χ0n) is 6.01. The molecule has 1 unspecified atom stereocenters. The number of nitrogens with zero attached hydrogens (tertiary/aromatic N) is 1. The molecule has 0 saturated heterocycles. The second-order valence-electron chi connectivity index (χ2n) is 2.41. The molecule has 0 aliphatic rings. The second kappa shape index (κ2) is 3.24. The average molecular weight is 125 g/mol. The molecule has 50 valence electrons. The van der Waals surface area contributed by atoms with Crippen molar-refractivity contribution >= 4 is 5.78 Å². The van der Waals surface area contributed by atoms with Crippen LogP contribution in [0.2, 0.25) is 0 Å². The van der Waals surface area contributed by atoms with Crippen LogP contribution in [0.1, 0.15) is 20.8 Å². The maximum absolute atomic E-state index is 10.9. The molecule has 0 aliphatic carbocycles. The van der Waals surface area contributed by atoms with Crippen LogP contribution in [0.25, 0.3) is 0 Å². The molecule has 0 amide bonds. The van der Waals surface area contributed by atoms with E-state index in [1.165, 1.54) is 0 Å². The normalized spacial score (nSPS) is 12.8. The van der Waals surface area contributed by atoms with Crippen LogP contribution in [0, 0.1) is 23.2 Å². The van der Waals surface area contributed by atoms with Crippen LogP contribution >= 0.6 is 0 Å². The van der Waals surface area contributed by atoms with Crippen molar-refractivity contribution in [3.8, 4) is 6.07 Å². The minimum absolute atomic E-state index is 0.0142. The van der Waals surface area contributed by atoms with Crippen molar-refractivity contribution in [3.63, 3.8) is 0 Å². The molecule has 2 heteroatoms. The highest BCUT2D eigenvalue weighted by atomic mass is 16.1. The Bertz CT molecular complexity index is 143. The van der Waals surface area contributed by atoms with Gasteiger partial charge < -0.3 is 0 Å². The first-order chi connectivity index (χ1) is 4.09. The topological polar surface area (TPSA) is 40.9 Å². The Kier molecular flexibility index (Phi) is 2.94. The molecule has 0 heterocycles. The number of Topliss-reactive ketones (excluding diaryl/α,β-unsaturated/α-hetero) is 1. The summed E-state index contributed by atoms with van der Waals surface area (Å²) in [6.45, 7) is 5.23. The molecule has 1 atom stereocenters. The maximum Gasteiger partial charge on any atom is 0.152 e. The Morgan fingerprint density at radius 3 is 2.00 bits per heavy atom. The minimum atomic E-state index is -0.440. The maximum atomic E-state index is 10.9. The molecule has 0 N–H and O–H groups in total. The van der Waals surface area contributed by atoms with Crippen LogP contribution in [0.4, 0.5) is 0 Å². The Balaban J connectivity index is 3.92. The Hall–Kier alpha value is -0.840. The molecule has 0 aromatic rings. The quantitative estimate of drug-likeness (QED) is 0.559. The number of carbonyl (C=O) groups excluding carboxylic acids is 1. The zero-order chi connectivity index (χ0) is 7.44. The lowest BCUT2D eigenvalue weighted by Crippen LogP contribution is -2.14.